The number of aromatic nitrogens is 1. The molecule has 5 nitrogen and oxygen atoms in total. The highest BCUT2D eigenvalue weighted by Gasteiger charge is 2.24. The Kier molecular flexibility index (Phi) is 6.32. The normalized spacial score (nSPS) is 13.3. The third kappa shape index (κ3) is 4.54. The van der Waals surface area contributed by atoms with Gasteiger partial charge in [0.1, 0.15) is 0 Å². The molecule has 2 amide bonds. The zero-order valence-electron chi connectivity index (χ0n) is 20.2. The van der Waals surface area contributed by atoms with Crippen LogP contribution >= 0.6 is 0 Å². The lowest BCUT2D eigenvalue weighted by Crippen LogP contribution is -2.29. The van der Waals surface area contributed by atoms with Crippen molar-refractivity contribution in [3.05, 3.63) is 95.2 Å². The van der Waals surface area contributed by atoms with Crippen molar-refractivity contribution in [1.82, 2.24) is 9.88 Å². The van der Waals surface area contributed by atoms with Gasteiger partial charge >= 0.3 is 0 Å². The molecule has 35 heavy (non-hydrogen) atoms. The summed E-state index contributed by atoms with van der Waals surface area (Å²) in [6, 6.07) is 23.8. The lowest BCUT2D eigenvalue weighted by molar-refractivity contribution is -0.115. The van der Waals surface area contributed by atoms with E-state index in [1.165, 1.54) is 0 Å². The standard InChI is InChI=1S/C30H29N3O2/c1-20-11-10-15-24(30(35)33-17-8-9-18-33)29(20)32-27(34)19-25-21(2)31-26-16-7-6-14-23(26)28(25)22-12-4-3-5-13-22/h3-7,10-16H,8-9,17-19H2,1-2H3,(H,32,34). The number of rotatable bonds is 5. The van der Waals surface area contributed by atoms with Gasteiger partial charge in [-0.25, -0.2) is 0 Å². The van der Waals surface area contributed by atoms with Crippen LogP contribution in [0.5, 0.6) is 0 Å². The second-order valence-corrected chi connectivity index (χ2v) is 9.16. The van der Waals surface area contributed by atoms with Crippen molar-refractivity contribution in [3.63, 3.8) is 0 Å². The Labute approximate surface area is 205 Å². The topological polar surface area (TPSA) is 62.3 Å². The molecule has 1 N–H and O–H groups in total. The van der Waals surface area contributed by atoms with Crippen LogP contribution in [-0.2, 0) is 11.2 Å². The van der Waals surface area contributed by atoms with E-state index in [0.29, 0.717) is 11.3 Å². The first-order chi connectivity index (χ1) is 17.0. The van der Waals surface area contributed by atoms with Gasteiger partial charge in [-0.1, -0.05) is 60.7 Å². The summed E-state index contributed by atoms with van der Waals surface area (Å²) in [4.78, 5) is 33.3. The Balaban J connectivity index is 1.51. The first-order valence-corrected chi connectivity index (χ1v) is 12.2. The maximum atomic E-state index is 13.4. The number of para-hydroxylation sites is 2. The number of amides is 2. The summed E-state index contributed by atoms with van der Waals surface area (Å²) >= 11 is 0. The number of benzene rings is 3. The van der Waals surface area contributed by atoms with E-state index in [1.54, 1.807) is 0 Å². The third-order valence-corrected chi connectivity index (χ3v) is 6.76. The Morgan fingerprint density at radius 2 is 1.60 bits per heavy atom. The van der Waals surface area contributed by atoms with Crippen molar-refractivity contribution in [3.8, 4) is 11.1 Å². The van der Waals surface area contributed by atoms with Crippen LogP contribution in [0.15, 0.2) is 72.8 Å². The number of pyridine rings is 1. The number of nitrogens with zero attached hydrogens (tertiary/aromatic N) is 2. The van der Waals surface area contributed by atoms with Gasteiger partial charge in [-0.3, -0.25) is 14.6 Å². The zero-order valence-corrected chi connectivity index (χ0v) is 20.2. The molecule has 0 bridgehead atoms. The average molecular weight is 464 g/mol. The SMILES string of the molecule is Cc1cccc(C(=O)N2CCCC2)c1NC(=O)Cc1c(C)nc2ccccc2c1-c1ccccc1. The highest BCUT2D eigenvalue weighted by molar-refractivity contribution is 6.06. The Hall–Kier alpha value is -3.99. The first kappa shape index (κ1) is 22.8. The fraction of sp³-hybridized carbons (Fsp3) is 0.233. The molecular weight excluding hydrogens is 434 g/mol. The van der Waals surface area contributed by atoms with Crippen molar-refractivity contribution in [2.45, 2.75) is 33.1 Å². The van der Waals surface area contributed by atoms with Gasteiger partial charge in [0.25, 0.3) is 5.91 Å². The summed E-state index contributed by atoms with van der Waals surface area (Å²) in [5.74, 6) is -0.179. The molecule has 0 saturated carbocycles. The molecule has 1 aliphatic rings. The van der Waals surface area contributed by atoms with Gasteiger partial charge in [0.05, 0.1) is 23.2 Å². The molecule has 5 rings (SSSR count). The molecule has 1 aromatic heterocycles. The summed E-state index contributed by atoms with van der Waals surface area (Å²) in [7, 11) is 0. The van der Waals surface area contributed by atoms with E-state index in [2.05, 4.69) is 23.5 Å². The largest absolute Gasteiger partial charge is 0.339 e. The van der Waals surface area contributed by atoms with E-state index in [0.717, 1.165) is 64.8 Å². The van der Waals surface area contributed by atoms with Crippen LogP contribution in [0.1, 0.15) is 40.0 Å². The number of nitrogens with one attached hydrogen (secondary N) is 1. The molecule has 0 unspecified atom stereocenters. The van der Waals surface area contributed by atoms with Crippen LogP contribution < -0.4 is 5.32 Å². The molecule has 1 aliphatic heterocycles. The Morgan fingerprint density at radius 1 is 0.886 bits per heavy atom. The second kappa shape index (κ2) is 9.71. The molecule has 0 spiro atoms. The Morgan fingerprint density at radius 3 is 2.37 bits per heavy atom. The van der Waals surface area contributed by atoms with E-state index in [1.807, 2.05) is 73.3 Å². The number of hydrogen-bond acceptors (Lipinski definition) is 3. The zero-order chi connectivity index (χ0) is 24.4. The fourth-order valence-corrected chi connectivity index (χ4v) is 4.97. The lowest BCUT2D eigenvalue weighted by atomic mass is 9.92. The van der Waals surface area contributed by atoms with Gasteiger partial charge in [0.15, 0.2) is 0 Å². The molecule has 2 heterocycles. The number of likely N-dealkylation sites (tertiary alicyclic amines) is 1. The van der Waals surface area contributed by atoms with E-state index >= 15 is 0 Å². The van der Waals surface area contributed by atoms with Gasteiger partial charge in [-0.2, -0.15) is 0 Å². The van der Waals surface area contributed by atoms with Crippen LogP contribution in [0.2, 0.25) is 0 Å². The summed E-state index contributed by atoms with van der Waals surface area (Å²) in [5, 5.41) is 4.09. The molecule has 4 aromatic rings. The second-order valence-electron chi connectivity index (χ2n) is 9.16. The molecule has 0 atom stereocenters. The highest BCUT2D eigenvalue weighted by atomic mass is 16.2. The van der Waals surface area contributed by atoms with Crippen molar-refractivity contribution < 1.29 is 9.59 Å². The quantitative estimate of drug-likeness (QED) is 0.399. The minimum Gasteiger partial charge on any atom is -0.339 e. The number of aryl methyl sites for hydroxylation is 2. The minimum absolute atomic E-state index is 0.0185. The molecule has 0 aliphatic carbocycles. The minimum atomic E-state index is -0.160. The molecule has 5 heteroatoms. The third-order valence-electron chi connectivity index (χ3n) is 6.76. The predicted molar refractivity (Wildman–Crippen MR) is 141 cm³/mol. The molecule has 3 aromatic carbocycles. The monoisotopic (exact) mass is 463 g/mol. The van der Waals surface area contributed by atoms with E-state index < -0.39 is 0 Å². The molecule has 1 saturated heterocycles. The van der Waals surface area contributed by atoms with Gasteiger partial charge in [0, 0.05) is 24.2 Å². The maximum absolute atomic E-state index is 13.4. The molecule has 1 fully saturated rings. The Bertz CT molecular complexity index is 1410. The van der Waals surface area contributed by atoms with Crippen molar-refractivity contribution in [2.75, 3.05) is 18.4 Å². The van der Waals surface area contributed by atoms with Crippen molar-refractivity contribution in [2.24, 2.45) is 0 Å². The van der Waals surface area contributed by atoms with E-state index in [-0.39, 0.29) is 18.2 Å². The number of fused-ring (bicyclic) bond motifs is 1. The molecule has 176 valence electrons. The van der Waals surface area contributed by atoms with Crippen LogP contribution in [0.25, 0.3) is 22.0 Å². The number of hydrogen-bond donors (Lipinski definition) is 1. The van der Waals surface area contributed by atoms with Crippen LogP contribution in [0.3, 0.4) is 0 Å². The first-order valence-electron chi connectivity index (χ1n) is 12.2. The smallest absolute Gasteiger partial charge is 0.255 e. The highest BCUT2D eigenvalue weighted by Crippen LogP contribution is 2.34. The molecular formula is C30H29N3O2. The fourth-order valence-electron chi connectivity index (χ4n) is 4.97. The number of carbonyl (C=O) groups is 2. The van der Waals surface area contributed by atoms with Crippen LogP contribution in [0.4, 0.5) is 5.69 Å². The lowest BCUT2D eigenvalue weighted by Gasteiger charge is -2.20. The number of anilines is 1. The van der Waals surface area contributed by atoms with E-state index in [4.69, 9.17) is 4.98 Å². The van der Waals surface area contributed by atoms with Crippen LogP contribution in [-0.4, -0.2) is 34.8 Å². The van der Waals surface area contributed by atoms with Gasteiger partial charge in [0.2, 0.25) is 5.91 Å². The van der Waals surface area contributed by atoms with Gasteiger partial charge in [-0.05, 0) is 61.1 Å². The van der Waals surface area contributed by atoms with Crippen molar-refractivity contribution >= 4 is 28.4 Å². The average Bonchev–Trinajstić information content (AvgIpc) is 3.41. The summed E-state index contributed by atoms with van der Waals surface area (Å²) < 4.78 is 0. The van der Waals surface area contributed by atoms with Crippen LogP contribution in [0, 0.1) is 13.8 Å². The summed E-state index contributed by atoms with van der Waals surface area (Å²) in [6.45, 7) is 5.41. The maximum Gasteiger partial charge on any atom is 0.255 e. The van der Waals surface area contributed by atoms with Crippen molar-refractivity contribution in [1.29, 1.82) is 0 Å². The molecule has 0 radical (unpaired) electrons. The number of carbonyl (C=O) groups excluding carboxylic acids is 2. The summed E-state index contributed by atoms with van der Waals surface area (Å²) in [6.07, 6.45) is 2.21. The van der Waals surface area contributed by atoms with Gasteiger partial charge in [-0.15, -0.1) is 0 Å². The van der Waals surface area contributed by atoms with E-state index in [9.17, 15) is 9.59 Å². The van der Waals surface area contributed by atoms with Gasteiger partial charge < -0.3 is 10.2 Å². The summed E-state index contributed by atoms with van der Waals surface area (Å²) in [5.41, 5.74) is 6.74. The predicted octanol–water partition coefficient (Wildman–Crippen LogP) is 5.94.